The van der Waals surface area contributed by atoms with Gasteiger partial charge in [-0.05, 0) is 25.3 Å². The predicted octanol–water partition coefficient (Wildman–Crippen LogP) is 2.43. The lowest BCUT2D eigenvalue weighted by Gasteiger charge is -2.33. The van der Waals surface area contributed by atoms with Crippen LogP contribution in [0.1, 0.15) is 19.3 Å². The Kier molecular flexibility index (Phi) is 3.73. The van der Waals surface area contributed by atoms with Crippen LogP contribution < -0.4 is 4.90 Å². The summed E-state index contributed by atoms with van der Waals surface area (Å²) in [5.74, 6) is -2.43. The summed E-state index contributed by atoms with van der Waals surface area (Å²) in [4.78, 5) is 22.4. The van der Waals surface area contributed by atoms with E-state index < -0.39 is 34.0 Å². The molecule has 1 saturated heterocycles. The van der Waals surface area contributed by atoms with Gasteiger partial charge in [0.05, 0.1) is 11.0 Å². The Morgan fingerprint density at radius 3 is 2.74 bits per heavy atom. The maximum Gasteiger partial charge on any atom is 0.295 e. The average molecular weight is 270 g/mol. The van der Waals surface area contributed by atoms with Gasteiger partial charge in [-0.1, -0.05) is 0 Å². The third kappa shape index (κ3) is 2.40. The van der Waals surface area contributed by atoms with E-state index in [0.29, 0.717) is 25.7 Å². The van der Waals surface area contributed by atoms with Crippen molar-refractivity contribution in [3.05, 3.63) is 33.9 Å². The highest BCUT2D eigenvalue weighted by Crippen LogP contribution is 2.35. The summed E-state index contributed by atoms with van der Waals surface area (Å²) in [6, 6.07) is 0.991. The highest BCUT2D eigenvalue weighted by molar-refractivity contribution is 5.72. The zero-order valence-corrected chi connectivity index (χ0v) is 10.0. The molecule has 0 spiro atoms. The fourth-order valence-electron chi connectivity index (χ4n) is 2.33. The number of piperidine rings is 1. The molecule has 102 valence electrons. The van der Waals surface area contributed by atoms with Crippen molar-refractivity contribution in [2.45, 2.75) is 25.3 Å². The zero-order chi connectivity index (χ0) is 14.0. The molecule has 1 atom stereocenters. The van der Waals surface area contributed by atoms with Crippen LogP contribution in [-0.4, -0.2) is 23.8 Å². The monoisotopic (exact) mass is 270 g/mol. The molecule has 1 aliphatic heterocycles. The molecule has 1 aliphatic rings. The standard InChI is InChI=1S/C12H12F2N2O3/c13-9-4-5-10(16(18)19)12(11(9)14)15-6-2-1-3-8(15)7-17/h4-5,7-8H,1-3,6H2. The van der Waals surface area contributed by atoms with E-state index in [2.05, 4.69) is 0 Å². The number of rotatable bonds is 3. The molecular formula is C12H12F2N2O3. The number of nitrogens with zero attached hydrogens (tertiary/aromatic N) is 2. The summed E-state index contributed by atoms with van der Waals surface area (Å²) < 4.78 is 27.2. The van der Waals surface area contributed by atoms with Crippen molar-refractivity contribution in [3.63, 3.8) is 0 Å². The molecule has 2 rings (SSSR count). The van der Waals surface area contributed by atoms with Gasteiger partial charge in [0.15, 0.2) is 17.3 Å². The topological polar surface area (TPSA) is 63.5 Å². The van der Waals surface area contributed by atoms with Crippen LogP contribution in [0, 0.1) is 21.7 Å². The summed E-state index contributed by atoms with van der Waals surface area (Å²) in [5, 5.41) is 10.9. The second-order valence-electron chi connectivity index (χ2n) is 4.38. The van der Waals surface area contributed by atoms with Crippen LogP contribution in [0.25, 0.3) is 0 Å². The molecule has 0 N–H and O–H groups in total. The van der Waals surface area contributed by atoms with Gasteiger partial charge in [0.2, 0.25) is 0 Å². The molecule has 0 saturated carbocycles. The summed E-state index contributed by atoms with van der Waals surface area (Å²) in [5.41, 5.74) is -0.950. The van der Waals surface area contributed by atoms with Crippen LogP contribution in [0.15, 0.2) is 12.1 Å². The number of carbonyl (C=O) groups is 1. The molecular weight excluding hydrogens is 258 g/mol. The Morgan fingerprint density at radius 2 is 2.11 bits per heavy atom. The highest BCUT2D eigenvalue weighted by atomic mass is 19.2. The minimum absolute atomic E-state index is 0.296. The van der Waals surface area contributed by atoms with Gasteiger partial charge in [-0.3, -0.25) is 10.1 Å². The minimum Gasteiger partial charge on any atom is -0.354 e. The smallest absolute Gasteiger partial charge is 0.295 e. The van der Waals surface area contributed by atoms with Crippen LogP contribution in [0.2, 0.25) is 0 Å². The number of halogens is 2. The van der Waals surface area contributed by atoms with Crippen LogP contribution in [0.5, 0.6) is 0 Å². The van der Waals surface area contributed by atoms with Gasteiger partial charge in [0, 0.05) is 12.6 Å². The number of nitro benzene ring substituents is 1. The van der Waals surface area contributed by atoms with Crippen LogP contribution in [0.4, 0.5) is 20.2 Å². The minimum atomic E-state index is -1.28. The van der Waals surface area contributed by atoms with E-state index in [1.165, 1.54) is 4.90 Å². The summed E-state index contributed by atoms with van der Waals surface area (Å²) in [6.45, 7) is 0.296. The molecule has 1 fully saturated rings. The number of anilines is 1. The van der Waals surface area contributed by atoms with E-state index >= 15 is 0 Å². The third-order valence-corrected chi connectivity index (χ3v) is 3.24. The Hall–Kier alpha value is -2.05. The lowest BCUT2D eigenvalue weighted by Crippen LogP contribution is -2.41. The van der Waals surface area contributed by atoms with Gasteiger partial charge in [0.1, 0.15) is 6.29 Å². The second-order valence-corrected chi connectivity index (χ2v) is 4.38. The predicted molar refractivity (Wildman–Crippen MR) is 64.1 cm³/mol. The quantitative estimate of drug-likeness (QED) is 0.480. The molecule has 0 radical (unpaired) electrons. The SMILES string of the molecule is O=CC1CCCCN1c1c([N+](=O)[O-])ccc(F)c1F. The van der Waals surface area contributed by atoms with E-state index in [4.69, 9.17) is 0 Å². The number of aldehydes is 1. The molecule has 0 bridgehead atoms. The third-order valence-electron chi connectivity index (χ3n) is 3.24. The van der Waals surface area contributed by atoms with Gasteiger partial charge in [-0.2, -0.15) is 0 Å². The number of hydrogen-bond donors (Lipinski definition) is 0. The molecule has 19 heavy (non-hydrogen) atoms. The van der Waals surface area contributed by atoms with Crippen molar-refractivity contribution in [1.29, 1.82) is 0 Å². The fraction of sp³-hybridized carbons (Fsp3) is 0.417. The van der Waals surface area contributed by atoms with E-state index in [1.54, 1.807) is 0 Å². The first-order valence-electron chi connectivity index (χ1n) is 5.90. The first-order chi connectivity index (χ1) is 9.06. The number of benzene rings is 1. The van der Waals surface area contributed by atoms with Crippen molar-refractivity contribution >= 4 is 17.7 Å². The van der Waals surface area contributed by atoms with Crippen molar-refractivity contribution in [1.82, 2.24) is 0 Å². The van der Waals surface area contributed by atoms with E-state index in [-0.39, 0.29) is 0 Å². The molecule has 1 aromatic carbocycles. The maximum atomic E-state index is 13.9. The highest BCUT2D eigenvalue weighted by Gasteiger charge is 2.32. The summed E-state index contributed by atoms with van der Waals surface area (Å²) in [6.07, 6.45) is 2.56. The lowest BCUT2D eigenvalue weighted by molar-refractivity contribution is -0.384. The largest absolute Gasteiger partial charge is 0.354 e. The lowest BCUT2D eigenvalue weighted by atomic mass is 10.0. The van der Waals surface area contributed by atoms with Gasteiger partial charge in [-0.25, -0.2) is 8.78 Å². The first kappa shape index (κ1) is 13.4. The Labute approximate surface area is 108 Å². The molecule has 7 heteroatoms. The van der Waals surface area contributed by atoms with Crippen molar-refractivity contribution in [3.8, 4) is 0 Å². The Balaban J connectivity index is 2.55. The van der Waals surface area contributed by atoms with Crippen LogP contribution >= 0.6 is 0 Å². The Morgan fingerprint density at radius 1 is 1.37 bits per heavy atom. The molecule has 1 unspecified atom stereocenters. The Bertz CT molecular complexity index is 522. The first-order valence-corrected chi connectivity index (χ1v) is 5.90. The molecule has 0 amide bonds. The van der Waals surface area contributed by atoms with Crippen LogP contribution in [0.3, 0.4) is 0 Å². The normalized spacial score (nSPS) is 19.3. The van der Waals surface area contributed by atoms with Gasteiger partial charge in [-0.15, -0.1) is 0 Å². The van der Waals surface area contributed by atoms with Crippen molar-refractivity contribution in [2.24, 2.45) is 0 Å². The van der Waals surface area contributed by atoms with Gasteiger partial charge >= 0.3 is 0 Å². The average Bonchev–Trinajstić information content (AvgIpc) is 2.41. The zero-order valence-electron chi connectivity index (χ0n) is 10.0. The number of carbonyl (C=O) groups excluding carboxylic acids is 1. The molecule has 5 nitrogen and oxygen atoms in total. The summed E-state index contributed by atoms with van der Waals surface area (Å²) >= 11 is 0. The maximum absolute atomic E-state index is 13.9. The van der Waals surface area contributed by atoms with E-state index in [9.17, 15) is 23.7 Å². The van der Waals surface area contributed by atoms with Gasteiger partial charge in [0.25, 0.3) is 5.69 Å². The van der Waals surface area contributed by atoms with Crippen molar-refractivity contribution in [2.75, 3.05) is 11.4 Å². The molecule has 0 aliphatic carbocycles. The second kappa shape index (κ2) is 5.29. The van der Waals surface area contributed by atoms with E-state index in [0.717, 1.165) is 18.6 Å². The van der Waals surface area contributed by atoms with Crippen LogP contribution in [-0.2, 0) is 4.79 Å². The van der Waals surface area contributed by atoms with E-state index in [1.807, 2.05) is 0 Å². The van der Waals surface area contributed by atoms with Crippen molar-refractivity contribution < 1.29 is 18.5 Å². The number of hydrogen-bond acceptors (Lipinski definition) is 4. The molecule has 1 aromatic rings. The number of nitro groups is 1. The fourth-order valence-corrected chi connectivity index (χ4v) is 2.33. The molecule has 1 heterocycles. The van der Waals surface area contributed by atoms with Gasteiger partial charge < -0.3 is 9.69 Å². The molecule has 0 aromatic heterocycles. The summed E-state index contributed by atoms with van der Waals surface area (Å²) in [7, 11) is 0.